The molecule has 0 fully saturated rings. The Morgan fingerprint density at radius 3 is 1.35 bits per heavy atom. The molecular weight excluding hydrogens is 652 g/mol. The fourth-order valence-electron chi connectivity index (χ4n) is 2.52. The number of benzene rings is 2. The molecule has 0 bridgehead atoms. The maximum atomic E-state index is 11.5. The van der Waals surface area contributed by atoms with Crippen LogP contribution in [0.2, 0.25) is 0 Å². The third-order valence-corrected chi connectivity index (χ3v) is 4.33. The van der Waals surface area contributed by atoms with Crippen molar-refractivity contribution < 1.29 is 53.8 Å². The summed E-state index contributed by atoms with van der Waals surface area (Å²) in [5, 5.41) is 46.1. The fraction of sp³-hybridized carbons (Fsp3) is 0.385. The van der Waals surface area contributed by atoms with Gasteiger partial charge >= 0.3 is 34.1 Å². The van der Waals surface area contributed by atoms with Crippen LogP contribution in [0.15, 0.2) is 46.4 Å². The van der Waals surface area contributed by atoms with E-state index in [1.807, 2.05) is 14.1 Å². The Kier molecular flexibility index (Phi) is 36.5. The van der Waals surface area contributed by atoms with E-state index in [0.717, 1.165) is 39.0 Å². The van der Waals surface area contributed by atoms with Crippen LogP contribution >= 0.6 is 24.4 Å². The van der Waals surface area contributed by atoms with Crippen LogP contribution in [0.3, 0.4) is 0 Å². The molecule has 2 rings (SSSR count). The second kappa shape index (κ2) is 32.7. The molecule has 0 aliphatic carbocycles. The summed E-state index contributed by atoms with van der Waals surface area (Å²) in [6, 6.07) is 9.90. The van der Waals surface area contributed by atoms with Gasteiger partial charge in [0, 0.05) is 25.5 Å². The number of nitrogens with one attached hydrogen (secondary N) is 2. The minimum Gasteiger partial charge on any atom is -0.872 e. The Morgan fingerprint density at radius 1 is 0.775 bits per heavy atom. The molecule has 0 amide bonds. The van der Waals surface area contributed by atoms with E-state index in [4.69, 9.17) is 20.3 Å². The first kappa shape index (κ1) is 44.6. The van der Waals surface area contributed by atoms with Crippen LogP contribution in [0.4, 0.5) is 0 Å². The fourth-order valence-corrected chi connectivity index (χ4v) is 2.52. The van der Waals surface area contributed by atoms with Gasteiger partial charge in [-0.2, -0.15) is 10.3 Å². The van der Waals surface area contributed by atoms with Crippen molar-refractivity contribution >= 4 is 47.2 Å². The Bertz CT molecular complexity index is 953. The Balaban J connectivity index is -0.000000259. The zero-order valence-corrected chi connectivity index (χ0v) is 26.2. The van der Waals surface area contributed by atoms with Gasteiger partial charge in [0.25, 0.3) is 0 Å². The van der Waals surface area contributed by atoms with Gasteiger partial charge in [0.15, 0.2) is 0 Å². The molecule has 0 atom stereocenters. The molecular formula is C26H34Cu2N6O4S2. The number of methoxy groups -OCH3 is 2. The maximum Gasteiger partial charge on any atom is 2.00 e. The summed E-state index contributed by atoms with van der Waals surface area (Å²) in [5.41, 5.74) is 1.20. The van der Waals surface area contributed by atoms with Gasteiger partial charge in [0.2, 0.25) is 0 Å². The summed E-state index contributed by atoms with van der Waals surface area (Å²) < 4.78 is 9.91. The molecule has 0 aromatic heterocycles. The summed E-state index contributed by atoms with van der Waals surface area (Å²) in [6.45, 7) is 3.33. The van der Waals surface area contributed by atoms with E-state index >= 15 is 0 Å². The number of aliphatic imine (C=N–C) groups is 2. The standard InChI is InChI=1S/2C12H18N2O2.2CNS.2Cu/c2*1-13-6-3-7-14-9-10-4-5-11(16-2)8-12(10)15;2*2-1-3;;/h2*4-5,8-9,13,15H,3,6-7H2,1-2H3;;;;/q;;2*-1;2*+2/p-2. The molecule has 0 saturated heterocycles. The monoisotopic (exact) mass is 684 g/mol. The van der Waals surface area contributed by atoms with Crippen molar-refractivity contribution in [3.8, 4) is 23.0 Å². The van der Waals surface area contributed by atoms with E-state index in [0.29, 0.717) is 22.6 Å². The van der Waals surface area contributed by atoms with Gasteiger partial charge < -0.3 is 41.1 Å². The van der Waals surface area contributed by atoms with Crippen molar-refractivity contribution in [2.45, 2.75) is 12.8 Å². The molecule has 0 aliphatic rings. The van der Waals surface area contributed by atoms with Gasteiger partial charge in [0.1, 0.15) is 11.5 Å². The average molecular weight is 686 g/mol. The average Bonchev–Trinajstić information content (AvgIpc) is 2.91. The number of rotatable bonds is 12. The molecule has 0 aliphatic heterocycles. The maximum absolute atomic E-state index is 11.5. The smallest absolute Gasteiger partial charge is 0.872 e. The number of hydrogen-bond donors (Lipinski definition) is 2. The molecule has 0 heterocycles. The van der Waals surface area contributed by atoms with E-state index < -0.39 is 0 Å². The van der Waals surface area contributed by atoms with Crippen molar-refractivity contribution in [1.29, 1.82) is 0 Å². The third-order valence-electron chi connectivity index (χ3n) is 4.33. The molecule has 0 spiro atoms. The molecule has 0 saturated carbocycles. The van der Waals surface area contributed by atoms with Crippen LogP contribution in [-0.4, -0.2) is 77.2 Å². The van der Waals surface area contributed by atoms with Crippen molar-refractivity contribution in [2.75, 3.05) is 54.5 Å². The molecule has 10 nitrogen and oxygen atoms in total. The van der Waals surface area contributed by atoms with Gasteiger partial charge in [-0.3, -0.25) is 9.98 Å². The first-order chi connectivity index (χ1) is 18.4. The normalized spacial score (nSPS) is 9.10. The Morgan fingerprint density at radius 2 is 1.10 bits per heavy atom. The summed E-state index contributed by atoms with van der Waals surface area (Å²) in [5.74, 6) is 1.04. The van der Waals surface area contributed by atoms with E-state index in [9.17, 15) is 10.2 Å². The molecule has 2 N–H and O–H groups in total. The minimum absolute atomic E-state index is 0. The van der Waals surface area contributed by atoms with Crippen LogP contribution in [0, 0.1) is 0 Å². The molecule has 2 radical (unpaired) electrons. The SMILES string of the molecule is CNCCCN=Cc1ccc(OC)cc1[O-].CNCCCN=Cc1ccc(OC)cc1[O-].[Cu+2].[Cu+2].[N-]=C=S.[N-]=C=S. The molecule has 2 aromatic carbocycles. The second-order valence-electron chi connectivity index (χ2n) is 6.97. The van der Waals surface area contributed by atoms with Crippen LogP contribution in [-0.2, 0) is 34.1 Å². The number of nitrogens with zero attached hydrogens (tertiary/aromatic N) is 4. The van der Waals surface area contributed by atoms with E-state index in [2.05, 4.69) is 45.1 Å². The second-order valence-corrected chi connectivity index (χ2v) is 7.34. The van der Waals surface area contributed by atoms with Gasteiger partial charge in [-0.1, -0.05) is 48.1 Å². The topological polar surface area (TPSA) is 158 Å². The molecule has 14 heteroatoms. The summed E-state index contributed by atoms with van der Waals surface area (Å²) in [7, 11) is 6.90. The van der Waals surface area contributed by atoms with Crippen molar-refractivity contribution in [3.05, 3.63) is 58.3 Å². The predicted octanol–water partition coefficient (Wildman–Crippen LogP) is 2.91. The molecule has 40 heavy (non-hydrogen) atoms. The first-order valence-electron chi connectivity index (χ1n) is 11.4. The van der Waals surface area contributed by atoms with E-state index in [-0.39, 0.29) is 45.6 Å². The van der Waals surface area contributed by atoms with Crippen LogP contribution in [0.5, 0.6) is 23.0 Å². The van der Waals surface area contributed by atoms with Crippen LogP contribution in [0.25, 0.3) is 10.8 Å². The van der Waals surface area contributed by atoms with Gasteiger partial charge in [-0.05, 0) is 75.4 Å². The van der Waals surface area contributed by atoms with Gasteiger partial charge in [-0.25, -0.2) is 0 Å². The Labute approximate surface area is 269 Å². The number of ether oxygens (including phenoxy) is 2. The summed E-state index contributed by atoms with van der Waals surface area (Å²) >= 11 is 7.40. The number of isothiocyanates is 2. The zero-order valence-electron chi connectivity index (χ0n) is 22.7. The predicted molar refractivity (Wildman–Crippen MR) is 159 cm³/mol. The molecule has 2 aromatic rings. The number of hydrogen-bond acceptors (Lipinski definition) is 10. The van der Waals surface area contributed by atoms with Crippen molar-refractivity contribution in [1.82, 2.24) is 10.6 Å². The minimum atomic E-state index is -0.0586. The van der Waals surface area contributed by atoms with E-state index in [1.165, 1.54) is 22.5 Å². The first-order valence-corrected chi connectivity index (χ1v) is 12.2. The van der Waals surface area contributed by atoms with Crippen molar-refractivity contribution in [2.24, 2.45) is 9.98 Å². The quantitative estimate of drug-likeness (QED) is 0.150. The molecule has 226 valence electrons. The van der Waals surface area contributed by atoms with Crippen LogP contribution in [0.1, 0.15) is 24.0 Å². The Hall–Kier alpha value is -2.46. The van der Waals surface area contributed by atoms with E-state index in [1.54, 1.807) is 50.9 Å². The largest absolute Gasteiger partial charge is 2.00 e. The van der Waals surface area contributed by atoms with Crippen LogP contribution < -0.4 is 30.3 Å². The van der Waals surface area contributed by atoms with Crippen molar-refractivity contribution in [3.63, 3.8) is 0 Å². The van der Waals surface area contributed by atoms with Gasteiger partial charge in [-0.15, -0.1) is 0 Å². The molecule has 0 unspecified atom stereocenters. The third kappa shape index (κ3) is 24.6. The summed E-state index contributed by atoms with van der Waals surface area (Å²) in [4.78, 5) is 8.38. The summed E-state index contributed by atoms with van der Waals surface area (Å²) in [6.07, 6.45) is 5.18. The van der Waals surface area contributed by atoms with Gasteiger partial charge in [0.05, 0.1) is 14.2 Å². The zero-order chi connectivity index (χ0) is 29.0. The number of thiocarbonyl (C=S) groups is 2.